The van der Waals surface area contributed by atoms with E-state index in [-0.39, 0.29) is 6.04 Å². The fraction of sp³-hybridized carbons (Fsp3) is 0.294. The molecule has 0 amide bonds. The van der Waals surface area contributed by atoms with Crippen LogP contribution in [0, 0.1) is 0 Å². The van der Waals surface area contributed by atoms with Crippen LogP contribution in [0.2, 0.25) is 10.0 Å². The van der Waals surface area contributed by atoms with Crippen LogP contribution in [0.3, 0.4) is 0 Å². The molecule has 112 valence electrons. The maximum Gasteiger partial charge on any atom is 0.119 e. The van der Waals surface area contributed by atoms with Gasteiger partial charge in [-0.3, -0.25) is 0 Å². The lowest BCUT2D eigenvalue weighted by atomic mass is 10.1. The highest BCUT2D eigenvalue weighted by atomic mass is 35.5. The SMILES string of the molecule is CC(NCCCOc1ccccc1)c1cc(Cl)ccc1Cl. The fourth-order valence-corrected chi connectivity index (χ4v) is 2.52. The van der Waals surface area contributed by atoms with Gasteiger partial charge in [-0.05, 0) is 55.8 Å². The van der Waals surface area contributed by atoms with E-state index in [1.165, 1.54) is 0 Å². The molecule has 0 fully saturated rings. The van der Waals surface area contributed by atoms with Crippen molar-refractivity contribution in [1.29, 1.82) is 0 Å². The Labute approximate surface area is 136 Å². The molecule has 2 aromatic rings. The van der Waals surface area contributed by atoms with Crippen molar-refractivity contribution in [2.75, 3.05) is 13.2 Å². The molecule has 4 heteroatoms. The van der Waals surface area contributed by atoms with E-state index in [1.54, 1.807) is 6.07 Å². The van der Waals surface area contributed by atoms with Gasteiger partial charge in [0.1, 0.15) is 5.75 Å². The molecule has 0 heterocycles. The van der Waals surface area contributed by atoms with E-state index < -0.39 is 0 Å². The molecular formula is C17H19Cl2NO. The second-order valence-corrected chi connectivity index (χ2v) is 5.70. The summed E-state index contributed by atoms with van der Waals surface area (Å²) >= 11 is 12.2. The van der Waals surface area contributed by atoms with Crippen molar-refractivity contribution in [2.24, 2.45) is 0 Å². The Balaban J connectivity index is 1.72. The number of hydrogen-bond acceptors (Lipinski definition) is 2. The summed E-state index contributed by atoms with van der Waals surface area (Å²) in [5.74, 6) is 0.906. The van der Waals surface area contributed by atoms with Gasteiger partial charge in [0.15, 0.2) is 0 Å². The van der Waals surface area contributed by atoms with Crippen molar-refractivity contribution in [3.63, 3.8) is 0 Å². The lowest BCUT2D eigenvalue weighted by Gasteiger charge is -2.16. The van der Waals surface area contributed by atoms with E-state index >= 15 is 0 Å². The topological polar surface area (TPSA) is 21.3 Å². The van der Waals surface area contributed by atoms with Gasteiger partial charge in [-0.25, -0.2) is 0 Å². The molecule has 0 spiro atoms. The number of para-hydroxylation sites is 1. The first-order valence-electron chi connectivity index (χ1n) is 7.03. The lowest BCUT2D eigenvalue weighted by Crippen LogP contribution is -2.21. The van der Waals surface area contributed by atoms with Crippen LogP contribution in [0.4, 0.5) is 0 Å². The number of rotatable bonds is 7. The summed E-state index contributed by atoms with van der Waals surface area (Å²) in [7, 11) is 0. The summed E-state index contributed by atoms with van der Waals surface area (Å²) < 4.78 is 5.65. The van der Waals surface area contributed by atoms with Crippen LogP contribution >= 0.6 is 23.2 Å². The fourth-order valence-electron chi connectivity index (χ4n) is 2.05. The number of hydrogen-bond donors (Lipinski definition) is 1. The van der Waals surface area contributed by atoms with E-state index in [1.807, 2.05) is 42.5 Å². The van der Waals surface area contributed by atoms with E-state index in [0.717, 1.165) is 29.3 Å². The van der Waals surface area contributed by atoms with Crippen LogP contribution in [0.25, 0.3) is 0 Å². The van der Waals surface area contributed by atoms with Gasteiger partial charge in [0.05, 0.1) is 6.61 Å². The third-order valence-electron chi connectivity index (χ3n) is 3.21. The molecule has 1 atom stereocenters. The summed E-state index contributed by atoms with van der Waals surface area (Å²) in [5.41, 5.74) is 1.02. The second-order valence-electron chi connectivity index (χ2n) is 4.86. The van der Waals surface area contributed by atoms with Crippen LogP contribution in [0.1, 0.15) is 24.9 Å². The summed E-state index contributed by atoms with van der Waals surface area (Å²) in [4.78, 5) is 0. The zero-order valence-corrected chi connectivity index (χ0v) is 13.5. The van der Waals surface area contributed by atoms with E-state index in [4.69, 9.17) is 27.9 Å². The zero-order valence-electron chi connectivity index (χ0n) is 12.0. The Kier molecular flexibility index (Phi) is 6.37. The average molecular weight is 324 g/mol. The largest absolute Gasteiger partial charge is 0.494 e. The molecule has 2 rings (SSSR count). The molecule has 0 saturated heterocycles. The van der Waals surface area contributed by atoms with Crippen molar-refractivity contribution in [3.8, 4) is 5.75 Å². The lowest BCUT2D eigenvalue weighted by molar-refractivity contribution is 0.305. The molecule has 0 aliphatic rings. The molecule has 2 aromatic carbocycles. The minimum absolute atomic E-state index is 0.160. The third-order valence-corrected chi connectivity index (χ3v) is 3.79. The number of halogens is 2. The Bertz CT molecular complexity index is 560. The van der Waals surface area contributed by atoms with Crippen molar-refractivity contribution in [2.45, 2.75) is 19.4 Å². The van der Waals surface area contributed by atoms with Crippen LogP contribution in [-0.4, -0.2) is 13.2 Å². The molecule has 0 saturated carbocycles. The molecule has 1 N–H and O–H groups in total. The highest BCUT2D eigenvalue weighted by Gasteiger charge is 2.09. The van der Waals surface area contributed by atoms with Crippen molar-refractivity contribution in [1.82, 2.24) is 5.32 Å². The summed E-state index contributed by atoms with van der Waals surface area (Å²) in [6.07, 6.45) is 0.928. The van der Waals surface area contributed by atoms with Crippen molar-refractivity contribution < 1.29 is 4.74 Å². The second kappa shape index (κ2) is 8.28. The number of benzene rings is 2. The number of ether oxygens (including phenoxy) is 1. The first kappa shape index (κ1) is 16.2. The highest BCUT2D eigenvalue weighted by Crippen LogP contribution is 2.26. The molecule has 1 unspecified atom stereocenters. The minimum Gasteiger partial charge on any atom is -0.494 e. The van der Waals surface area contributed by atoms with Crippen LogP contribution in [-0.2, 0) is 0 Å². The average Bonchev–Trinajstić information content (AvgIpc) is 2.50. The normalized spacial score (nSPS) is 12.1. The van der Waals surface area contributed by atoms with E-state index in [9.17, 15) is 0 Å². The number of nitrogens with one attached hydrogen (secondary N) is 1. The predicted molar refractivity (Wildman–Crippen MR) is 89.4 cm³/mol. The maximum absolute atomic E-state index is 6.19. The maximum atomic E-state index is 6.19. The molecular weight excluding hydrogens is 305 g/mol. The first-order chi connectivity index (χ1) is 10.2. The third kappa shape index (κ3) is 5.24. The van der Waals surface area contributed by atoms with Crippen molar-refractivity contribution >= 4 is 23.2 Å². The molecule has 2 nitrogen and oxygen atoms in total. The molecule has 0 radical (unpaired) electrons. The van der Waals surface area contributed by atoms with Gasteiger partial charge >= 0.3 is 0 Å². The summed E-state index contributed by atoms with van der Waals surface area (Å²) in [6, 6.07) is 15.5. The standard InChI is InChI=1S/C17H19Cl2NO/c1-13(16-12-14(18)8-9-17(16)19)20-10-5-11-21-15-6-3-2-4-7-15/h2-4,6-9,12-13,20H,5,10-11H2,1H3. The quantitative estimate of drug-likeness (QED) is 0.714. The van der Waals surface area contributed by atoms with Gasteiger partial charge in [0.25, 0.3) is 0 Å². The van der Waals surface area contributed by atoms with Gasteiger partial charge in [-0.1, -0.05) is 41.4 Å². The van der Waals surface area contributed by atoms with E-state index in [0.29, 0.717) is 11.6 Å². The van der Waals surface area contributed by atoms with Crippen LogP contribution in [0.5, 0.6) is 5.75 Å². The highest BCUT2D eigenvalue weighted by molar-refractivity contribution is 6.33. The smallest absolute Gasteiger partial charge is 0.119 e. The Morgan fingerprint density at radius 3 is 2.62 bits per heavy atom. The summed E-state index contributed by atoms with van der Waals surface area (Å²) in [6.45, 7) is 3.62. The van der Waals surface area contributed by atoms with Gasteiger partial charge in [0, 0.05) is 16.1 Å². The predicted octanol–water partition coefficient (Wildman–Crippen LogP) is 5.11. The Morgan fingerprint density at radius 1 is 1.10 bits per heavy atom. The van der Waals surface area contributed by atoms with Gasteiger partial charge < -0.3 is 10.1 Å². The van der Waals surface area contributed by atoms with Gasteiger partial charge in [-0.15, -0.1) is 0 Å². The molecule has 0 aromatic heterocycles. The monoisotopic (exact) mass is 323 g/mol. The van der Waals surface area contributed by atoms with E-state index in [2.05, 4.69) is 12.2 Å². The van der Waals surface area contributed by atoms with Gasteiger partial charge in [-0.2, -0.15) is 0 Å². The Hall–Kier alpha value is -1.22. The minimum atomic E-state index is 0.160. The molecule has 0 bridgehead atoms. The molecule has 0 aliphatic heterocycles. The summed E-state index contributed by atoms with van der Waals surface area (Å²) in [5, 5.41) is 4.87. The molecule has 21 heavy (non-hydrogen) atoms. The first-order valence-corrected chi connectivity index (χ1v) is 7.78. The van der Waals surface area contributed by atoms with Crippen molar-refractivity contribution in [3.05, 3.63) is 64.1 Å². The van der Waals surface area contributed by atoms with Gasteiger partial charge in [0.2, 0.25) is 0 Å². The van der Waals surface area contributed by atoms with Crippen LogP contribution in [0.15, 0.2) is 48.5 Å². The zero-order chi connectivity index (χ0) is 15.1. The van der Waals surface area contributed by atoms with Crippen LogP contribution < -0.4 is 10.1 Å². The Morgan fingerprint density at radius 2 is 1.86 bits per heavy atom. The molecule has 0 aliphatic carbocycles.